The first-order valence-corrected chi connectivity index (χ1v) is 26.9. The molecule has 0 unspecified atom stereocenters. The van der Waals surface area contributed by atoms with Gasteiger partial charge in [-0.3, -0.25) is 60.7 Å². The summed E-state index contributed by atoms with van der Waals surface area (Å²) in [6.07, 6.45) is -5.36. The predicted octanol–water partition coefficient (Wildman–Crippen LogP) is 11.2. The molecule has 7 rings (SSSR count). The maximum atomic E-state index is 13.0. The Morgan fingerprint density at radius 1 is 0.237 bits per heavy atom. The van der Waals surface area contributed by atoms with Crippen LogP contribution < -0.4 is 56.8 Å². The van der Waals surface area contributed by atoms with Gasteiger partial charge < -0.3 is 71.1 Å². The van der Waals surface area contributed by atoms with Crippen molar-refractivity contribution in [3.05, 3.63) is 202 Å². The van der Waals surface area contributed by atoms with Crippen LogP contribution in [0.1, 0.15) is 68.4 Å². The van der Waals surface area contributed by atoms with E-state index in [2.05, 4.69) is 0 Å². The maximum absolute atomic E-state index is 13.0. The van der Waals surface area contributed by atoms with Crippen LogP contribution >= 0.6 is 0 Å². The third kappa shape index (κ3) is 14.7. The molecule has 0 aliphatic carbocycles. The van der Waals surface area contributed by atoms with Gasteiger partial charge in [-0.25, -0.2) is 0 Å². The molecule has 33 heteroatoms. The Balaban J connectivity index is 1.52. The summed E-state index contributed by atoms with van der Waals surface area (Å²) in [5.41, 5.74) is -5.45. The number of nitro groups is 6. The summed E-state index contributed by atoms with van der Waals surface area (Å²) in [6.45, 7) is -1.96. The summed E-state index contributed by atoms with van der Waals surface area (Å²) in [6, 6.07) is 17.6. The Labute approximate surface area is 527 Å². The quantitative estimate of drug-likeness (QED) is 0.0272. The summed E-state index contributed by atoms with van der Waals surface area (Å²) < 4.78 is 85.5. The van der Waals surface area contributed by atoms with Crippen molar-refractivity contribution >= 4 is 34.1 Å². The normalized spacial score (nSPS) is 11.0. The number of hydrogen-bond donors (Lipinski definition) is 0. The van der Waals surface area contributed by atoms with E-state index in [4.69, 9.17) is 71.1 Å². The van der Waals surface area contributed by atoms with Crippen molar-refractivity contribution in [2.75, 3.05) is 85.3 Å². The van der Waals surface area contributed by atoms with Gasteiger partial charge in [0.1, 0.15) is 18.3 Å². The predicted molar refractivity (Wildman–Crippen MR) is 324 cm³/mol. The van der Waals surface area contributed by atoms with E-state index in [0.717, 1.165) is 36.4 Å². The minimum Gasteiger partial charge on any atom is -0.493 e. The van der Waals surface area contributed by atoms with Crippen LogP contribution in [-0.2, 0) is 34.0 Å². The molecule has 7 aromatic rings. The first-order valence-electron chi connectivity index (χ1n) is 26.9. The summed E-state index contributed by atoms with van der Waals surface area (Å²) in [4.78, 5) is 73.6. The van der Waals surface area contributed by atoms with Gasteiger partial charge in [0, 0.05) is 0 Å². The first kappa shape index (κ1) is 68.9. The molecule has 0 aliphatic heterocycles. The zero-order valence-electron chi connectivity index (χ0n) is 51.7. The molecule has 0 bridgehead atoms. The highest BCUT2D eigenvalue weighted by Crippen LogP contribution is 2.50. The molecular formula is C60H60N6O27. The molecule has 0 heterocycles. The number of rotatable bonds is 33. The lowest BCUT2D eigenvalue weighted by molar-refractivity contribution is -0.388. The highest BCUT2D eigenvalue weighted by atomic mass is 16.7. The van der Waals surface area contributed by atoms with Gasteiger partial charge in [0.05, 0.1) is 204 Å². The number of nitro benzene ring substituents is 6. The maximum Gasteiger partial charge on any atom is 0.279 e. The number of benzene rings is 7. The fourth-order valence-corrected chi connectivity index (χ4v) is 10.2. The molecule has 7 aromatic carbocycles. The molecule has 0 radical (unpaired) electrons. The van der Waals surface area contributed by atoms with E-state index in [0.29, 0.717) is 0 Å². The molecule has 0 saturated heterocycles. The Morgan fingerprint density at radius 3 is 0.484 bits per heavy atom. The fraction of sp³-hybridized carbons (Fsp3) is 0.300. The van der Waals surface area contributed by atoms with Gasteiger partial charge in [-0.2, -0.15) is 0 Å². The average Bonchev–Trinajstić information content (AvgIpc) is 0.893. The zero-order valence-corrected chi connectivity index (χ0v) is 51.7. The molecule has 0 aliphatic rings. The zero-order chi connectivity index (χ0) is 68.1. The van der Waals surface area contributed by atoms with Crippen molar-refractivity contribution in [2.24, 2.45) is 0 Å². The molecule has 0 amide bonds. The number of nitrogens with zero attached hydrogens (tertiary/aromatic N) is 6. The molecule has 0 fully saturated rings. The smallest absolute Gasteiger partial charge is 0.279 e. The first-order chi connectivity index (χ1) is 44.5. The van der Waals surface area contributed by atoms with Crippen molar-refractivity contribution in [3.63, 3.8) is 0 Å². The van der Waals surface area contributed by atoms with Crippen LogP contribution in [0.15, 0.2) is 91.0 Å². The molecule has 0 atom stereocenters. The van der Waals surface area contributed by atoms with Gasteiger partial charge in [0.25, 0.3) is 34.1 Å². The topological polar surface area (TPSA) is 397 Å². The number of hydrogen-bond acceptors (Lipinski definition) is 27. The molecule has 0 saturated carbocycles. The highest BCUT2D eigenvalue weighted by Gasteiger charge is 2.38. The largest absolute Gasteiger partial charge is 0.493 e. The Morgan fingerprint density at radius 2 is 0.366 bits per heavy atom. The second kappa shape index (κ2) is 30.3. The van der Waals surface area contributed by atoms with Crippen molar-refractivity contribution in [2.45, 2.75) is 38.1 Å². The summed E-state index contributed by atoms with van der Waals surface area (Å²) >= 11 is 0. The van der Waals surface area contributed by atoms with Crippen LogP contribution in [0.3, 0.4) is 0 Å². The van der Waals surface area contributed by atoms with Crippen molar-refractivity contribution in [1.29, 1.82) is 0 Å². The minimum atomic E-state index is -1.79. The van der Waals surface area contributed by atoms with Crippen molar-refractivity contribution in [3.8, 4) is 69.0 Å². The second-order valence-corrected chi connectivity index (χ2v) is 19.4. The SMILES string of the molecule is COc1cc(C(OCc2cc(COC(c3cc(OC)c(OC)cc3[N+](=O)[O-])c3cc(OC)c(OC)cc3[N+](=O)[O-])cc(COC(c3cc(OC)c(OC)cc3[N+](=O)[O-])c3cc(OC)c(OC)cc3[N+](=O)[O-])c2)c2cc(OC)c(OC)cc2[N+](=O)[O-])c([N+](=O)[O-])cc1OC. The van der Waals surface area contributed by atoms with Crippen LogP contribution in [0, 0.1) is 60.7 Å². The Bertz CT molecular complexity index is 3380. The van der Waals surface area contributed by atoms with Gasteiger partial charge in [-0.1, -0.05) is 18.2 Å². The summed E-state index contributed by atoms with van der Waals surface area (Å²) in [7, 11) is 14.8. The lowest BCUT2D eigenvalue weighted by Gasteiger charge is -2.23. The van der Waals surface area contributed by atoms with Gasteiger partial charge >= 0.3 is 0 Å². The molecule has 33 nitrogen and oxygen atoms in total. The standard InChI is InChI=1S/C60H60N6O27/c1-79-46-16-34(40(61(67)68)22-52(46)85-7)58(35-17-47(80-2)53(86-8)23-41(35)62(69)70)91-28-31-13-32(29-92-59(36-18-48(81-3)54(87-9)24-42(36)63(71)72)37-19-49(82-4)55(88-10)25-43(37)64(73)74)15-33(14-31)30-93-60(38-20-50(83-5)56(89-11)26-44(38)65(75)76)39-21-51(84-6)57(90-12)27-45(39)66(77)78/h13-27,58-60H,28-30H2,1-12H3. The van der Waals surface area contributed by atoms with E-state index in [1.807, 2.05) is 0 Å². The third-order valence-corrected chi connectivity index (χ3v) is 14.4. The monoisotopic (exact) mass is 1300 g/mol. The fourth-order valence-electron chi connectivity index (χ4n) is 10.2. The lowest BCUT2D eigenvalue weighted by Crippen LogP contribution is -2.14. The molecular weight excluding hydrogens is 1240 g/mol. The van der Waals surface area contributed by atoms with Crippen LogP contribution in [0.4, 0.5) is 34.1 Å². The lowest BCUT2D eigenvalue weighted by atomic mass is 9.96. The molecule has 0 aromatic heterocycles. The second-order valence-electron chi connectivity index (χ2n) is 19.4. The van der Waals surface area contributed by atoms with Crippen molar-refractivity contribution in [1.82, 2.24) is 0 Å². The summed E-state index contributed by atoms with van der Waals surface area (Å²) in [5, 5.41) is 78.3. The molecule has 93 heavy (non-hydrogen) atoms. The highest BCUT2D eigenvalue weighted by molar-refractivity contribution is 5.65. The van der Waals surface area contributed by atoms with E-state index in [1.165, 1.54) is 140 Å². The van der Waals surface area contributed by atoms with Crippen LogP contribution in [0.5, 0.6) is 69.0 Å². The van der Waals surface area contributed by atoms with E-state index in [9.17, 15) is 60.7 Å². The summed E-state index contributed by atoms with van der Waals surface area (Å²) in [5.74, 6) is -0.986. The van der Waals surface area contributed by atoms with Gasteiger partial charge in [-0.15, -0.1) is 0 Å². The molecule has 0 spiro atoms. The molecule has 492 valence electrons. The van der Waals surface area contributed by atoms with Crippen molar-refractivity contribution < 1.29 is 101 Å². The molecule has 0 N–H and O–H groups in total. The van der Waals surface area contributed by atoms with Crippen LogP contribution in [0.2, 0.25) is 0 Å². The van der Waals surface area contributed by atoms with E-state index in [-0.39, 0.29) is 119 Å². The van der Waals surface area contributed by atoms with Crippen LogP contribution in [0.25, 0.3) is 0 Å². The van der Waals surface area contributed by atoms with Crippen LogP contribution in [-0.4, -0.2) is 115 Å². The number of ether oxygens (including phenoxy) is 15. The Kier molecular flexibility index (Phi) is 22.4. The van der Waals surface area contributed by atoms with E-state index < -0.39 is 102 Å². The third-order valence-electron chi connectivity index (χ3n) is 14.4. The minimum absolute atomic E-state index is 0.0635. The van der Waals surface area contributed by atoms with Gasteiger partial charge in [0.2, 0.25) is 0 Å². The Hall–Kier alpha value is -11.6. The van der Waals surface area contributed by atoms with E-state index in [1.54, 1.807) is 0 Å². The van der Waals surface area contributed by atoms with Gasteiger partial charge in [0.15, 0.2) is 69.0 Å². The average molecular weight is 1300 g/mol. The van der Waals surface area contributed by atoms with E-state index >= 15 is 0 Å². The van der Waals surface area contributed by atoms with Gasteiger partial charge in [-0.05, 0) is 53.1 Å². The number of methoxy groups -OCH3 is 12.